The SMILES string of the molecule is C[C@@H](C1CC1)n1cc(NS(=O)(=O)c2cccc([N+](=O)[O-])c2)cn1. The molecule has 1 aromatic carbocycles. The molecular weight excluding hydrogens is 320 g/mol. The van der Waals surface area contributed by atoms with Crippen LogP contribution in [0.4, 0.5) is 11.4 Å². The summed E-state index contributed by atoms with van der Waals surface area (Å²) in [6.45, 7) is 2.05. The zero-order valence-corrected chi connectivity index (χ0v) is 13.2. The van der Waals surface area contributed by atoms with Crippen molar-refractivity contribution in [1.82, 2.24) is 9.78 Å². The second kappa shape index (κ2) is 5.65. The molecule has 8 nitrogen and oxygen atoms in total. The van der Waals surface area contributed by atoms with Crippen molar-refractivity contribution in [3.8, 4) is 0 Å². The van der Waals surface area contributed by atoms with Crippen LogP contribution in [-0.4, -0.2) is 23.1 Å². The highest BCUT2D eigenvalue weighted by atomic mass is 32.2. The molecule has 1 aliphatic rings. The average Bonchev–Trinajstić information content (AvgIpc) is 3.27. The van der Waals surface area contributed by atoms with Gasteiger partial charge in [0.2, 0.25) is 0 Å². The van der Waals surface area contributed by atoms with Crippen molar-refractivity contribution in [3.63, 3.8) is 0 Å². The molecule has 0 saturated heterocycles. The molecule has 1 N–H and O–H groups in total. The van der Waals surface area contributed by atoms with Crippen LogP contribution in [0.2, 0.25) is 0 Å². The fourth-order valence-electron chi connectivity index (χ4n) is 2.39. The van der Waals surface area contributed by atoms with Crippen LogP contribution >= 0.6 is 0 Å². The number of nitro groups is 1. The zero-order valence-electron chi connectivity index (χ0n) is 12.4. The van der Waals surface area contributed by atoms with Gasteiger partial charge in [-0.1, -0.05) is 6.07 Å². The van der Waals surface area contributed by atoms with Crippen LogP contribution in [0.15, 0.2) is 41.6 Å². The standard InChI is InChI=1S/C14H16N4O4S/c1-10(11-5-6-11)17-9-12(8-15-17)16-23(21,22)14-4-2-3-13(7-14)18(19)20/h2-4,7-11,16H,5-6H2,1H3/t10-/m0/s1. The first-order valence-corrected chi connectivity index (χ1v) is 8.66. The minimum absolute atomic E-state index is 0.158. The maximum Gasteiger partial charge on any atom is 0.270 e. The van der Waals surface area contributed by atoms with Gasteiger partial charge >= 0.3 is 0 Å². The fourth-order valence-corrected chi connectivity index (χ4v) is 3.45. The third-order valence-electron chi connectivity index (χ3n) is 3.91. The molecule has 0 bridgehead atoms. The Balaban J connectivity index is 1.81. The van der Waals surface area contributed by atoms with Crippen molar-refractivity contribution in [2.45, 2.75) is 30.7 Å². The summed E-state index contributed by atoms with van der Waals surface area (Å²) in [5.41, 5.74) is 0.0648. The number of aromatic nitrogens is 2. The number of hydrogen-bond donors (Lipinski definition) is 1. The van der Waals surface area contributed by atoms with E-state index in [1.54, 1.807) is 10.9 Å². The van der Waals surface area contributed by atoms with Gasteiger partial charge in [0.05, 0.1) is 27.7 Å². The van der Waals surface area contributed by atoms with E-state index in [1.807, 2.05) is 6.92 Å². The third-order valence-corrected chi connectivity index (χ3v) is 5.29. The lowest BCUT2D eigenvalue weighted by atomic mass is 10.2. The van der Waals surface area contributed by atoms with Gasteiger partial charge in [0.1, 0.15) is 0 Å². The molecule has 122 valence electrons. The Bertz CT molecular complexity index is 842. The summed E-state index contributed by atoms with van der Waals surface area (Å²) in [4.78, 5) is 9.98. The molecular formula is C14H16N4O4S. The number of rotatable bonds is 6. The summed E-state index contributed by atoms with van der Waals surface area (Å²) < 4.78 is 28.8. The summed E-state index contributed by atoms with van der Waals surface area (Å²) in [5, 5.41) is 14.9. The molecule has 2 aromatic rings. The summed E-state index contributed by atoms with van der Waals surface area (Å²) in [7, 11) is -3.89. The molecule has 0 spiro atoms. The molecule has 0 radical (unpaired) electrons. The summed E-state index contributed by atoms with van der Waals surface area (Å²) >= 11 is 0. The van der Waals surface area contributed by atoms with E-state index in [2.05, 4.69) is 9.82 Å². The van der Waals surface area contributed by atoms with Crippen molar-refractivity contribution in [3.05, 3.63) is 46.8 Å². The van der Waals surface area contributed by atoms with Crippen LogP contribution in [0.25, 0.3) is 0 Å². The van der Waals surface area contributed by atoms with Gasteiger partial charge < -0.3 is 0 Å². The lowest BCUT2D eigenvalue weighted by Gasteiger charge is -2.10. The predicted octanol–water partition coefficient (Wildman–Crippen LogP) is 2.56. The van der Waals surface area contributed by atoms with Crippen molar-refractivity contribution >= 4 is 21.4 Å². The first kappa shape index (κ1) is 15.5. The third kappa shape index (κ3) is 3.34. The first-order valence-electron chi connectivity index (χ1n) is 7.18. The molecule has 1 heterocycles. The quantitative estimate of drug-likeness (QED) is 0.644. The van der Waals surface area contributed by atoms with Gasteiger partial charge in [-0.2, -0.15) is 5.10 Å². The van der Waals surface area contributed by atoms with Gasteiger partial charge in [0.25, 0.3) is 15.7 Å². The molecule has 0 unspecified atom stereocenters. The lowest BCUT2D eigenvalue weighted by Crippen LogP contribution is -2.13. The van der Waals surface area contributed by atoms with Crippen LogP contribution in [0.1, 0.15) is 25.8 Å². The highest BCUT2D eigenvalue weighted by Gasteiger charge is 2.29. The first-order chi connectivity index (χ1) is 10.9. The molecule has 0 aliphatic heterocycles. The number of nitrogens with one attached hydrogen (secondary N) is 1. The maximum absolute atomic E-state index is 12.3. The van der Waals surface area contributed by atoms with Gasteiger partial charge in [-0.25, -0.2) is 8.42 Å². The van der Waals surface area contributed by atoms with Crippen LogP contribution in [0.3, 0.4) is 0 Å². The van der Waals surface area contributed by atoms with Crippen LogP contribution in [0, 0.1) is 16.0 Å². The van der Waals surface area contributed by atoms with Gasteiger partial charge in [-0.3, -0.25) is 19.5 Å². The van der Waals surface area contributed by atoms with Gasteiger partial charge in [0.15, 0.2) is 0 Å². The van der Waals surface area contributed by atoms with E-state index < -0.39 is 14.9 Å². The topological polar surface area (TPSA) is 107 Å². The Kier molecular flexibility index (Phi) is 3.80. The number of anilines is 1. The van der Waals surface area contributed by atoms with Gasteiger partial charge in [-0.15, -0.1) is 0 Å². The van der Waals surface area contributed by atoms with Crippen LogP contribution < -0.4 is 4.72 Å². The van der Waals surface area contributed by atoms with Gasteiger partial charge in [0, 0.05) is 18.3 Å². The predicted molar refractivity (Wildman–Crippen MR) is 83.6 cm³/mol. The number of hydrogen-bond acceptors (Lipinski definition) is 5. The average molecular weight is 336 g/mol. The number of nitro benzene ring substituents is 1. The van der Waals surface area contributed by atoms with E-state index >= 15 is 0 Å². The summed E-state index contributed by atoms with van der Waals surface area (Å²) in [6, 6.07) is 5.15. The summed E-state index contributed by atoms with van der Waals surface area (Å²) in [6.07, 6.45) is 5.40. The Morgan fingerprint density at radius 3 is 2.83 bits per heavy atom. The molecule has 1 aromatic heterocycles. The van der Waals surface area contributed by atoms with Gasteiger partial charge in [-0.05, 0) is 31.7 Å². The molecule has 1 atom stereocenters. The number of non-ortho nitro benzene ring substituents is 1. The minimum Gasteiger partial charge on any atom is -0.276 e. The van der Waals surface area contributed by atoms with E-state index in [1.165, 1.54) is 24.4 Å². The molecule has 1 aliphatic carbocycles. The molecule has 1 fully saturated rings. The molecule has 3 rings (SSSR count). The molecule has 1 saturated carbocycles. The molecule has 23 heavy (non-hydrogen) atoms. The van der Waals surface area contributed by atoms with Crippen molar-refractivity contribution < 1.29 is 13.3 Å². The summed E-state index contributed by atoms with van der Waals surface area (Å²) in [5.74, 6) is 0.594. The number of nitrogens with zero attached hydrogens (tertiary/aromatic N) is 3. The monoisotopic (exact) mass is 336 g/mol. The second-order valence-electron chi connectivity index (χ2n) is 5.65. The largest absolute Gasteiger partial charge is 0.276 e. The van der Waals surface area contributed by atoms with Crippen LogP contribution in [-0.2, 0) is 10.0 Å². The maximum atomic E-state index is 12.3. The van der Waals surface area contributed by atoms with Crippen molar-refractivity contribution in [2.75, 3.05) is 4.72 Å². The highest BCUT2D eigenvalue weighted by Crippen LogP contribution is 2.39. The second-order valence-corrected chi connectivity index (χ2v) is 7.33. The number of benzene rings is 1. The Morgan fingerprint density at radius 1 is 1.43 bits per heavy atom. The molecule has 9 heteroatoms. The van der Waals surface area contributed by atoms with Crippen molar-refractivity contribution in [1.29, 1.82) is 0 Å². The van der Waals surface area contributed by atoms with E-state index in [4.69, 9.17) is 0 Å². The Morgan fingerprint density at radius 2 is 2.17 bits per heavy atom. The minimum atomic E-state index is -3.89. The zero-order chi connectivity index (χ0) is 16.6. The molecule has 0 amide bonds. The normalized spacial score (nSPS) is 16.0. The fraction of sp³-hybridized carbons (Fsp3) is 0.357. The van der Waals surface area contributed by atoms with E-state index in [0.717, 1.165) is 18.9 Å². The van der Waals surface area contributed by atoms with Crippen LogP contribution in [0.5, 0.6) is 0 Å². The Labute approximate surface area is 133 Å². The van der Waals surface area contributed by atoms with E-state index in [-0.39, 0.29) is 16.6 Å². The van der Waals surface area contributed by atoms with E-state index in [0.29, 0.717) is 11.6 Å². The smallest absolute Gasteiger partial charge is 0.270 e. The Hall–Kier alpha value is -2.42. The number of sulfonamides is 1. The highest BCUT2D eigenvalue weighted by molar-refractivity contribution is 7.92. The lowest BCUT2D eigenvalue weighted by molar-refractivity contribution is -0.385. The van der Waals surface area contributed by atoms with E-state index in [9.17, 15) is 18.5 Å². The van der Waals surface area contributed by atoms with Crippen molar-refractivity contribution in [2.24, 2.45) is 5.92 Å².